The molecule has 0 radical (unpaired) electrons. The van der Waals surface area contributed by atoms with Crippen molar-refractivity contribution < 1.29 is 14.6 Å². The van der Waals surface area contributed by atoms with Crippen molar-refractivity contribution in [1.82, 2.24) is 9.97 Å². The van der Waals surface area contributed by atoms with Crippen molar-refractivity contribution in [1.29, 1.82) is 0 Å². The summed E-state index contributed by atoms with van der Waals surface area (Å²) in [7, 11) is 1.61. The van der Waals surface area contributed by atoms with Crippen molar-refractivity contribution in [3.8, 4) is 0 Å². The van der Waals surface area contributed by atoms with Gasteiger partial charge in [0, 0.05) is 26.3 Å². The molecular formula is C11H15N3O3. The van der Waals surface area contributed by atoms with Crippen molar-refractivity contribution >= 4 is 11.8 Å². The quantitative estimate of drug-likeness (QED) is 0.823. The van der Waals surface area contributed by atoms with E-state index in [1.165, 1.54) is 6.33 Å². The van der Waals surface area contributed by atoms with E-state index in [1.807, 2.05) is 11.0 Å². The van der Waals surface area contributed by atoms with Crippen molar-refractivity contribution in [2.45, 2.75) is 13.0 Å². The molecule has 1 aromatic rings. The van der Waals surface area contributed by atoms with E-state index in [-0.39, 0.29) is 5.92 Å². The maximum absolute atomic E-state index is 10.9. The maximum atomic E-state index is 10.9. The number of aromatic nitrogens is 2. The molecule has 92 valence electrons. The average molecular weight is 237 g/mol. The summed E-state index contributed by atoms with van der Waals surface area (Å²) in [6, 6.07) is 1.84. The first-order valence-corrected chi connectivity index (χ1v) is 5.48. The van der Waals surface area contributed by atoms with Crippen molar-refractivity contribution in [2.75, 3.05) is 25.1 Å². The van der Waals surface area contributed by atoms with Gasteiger partial charge in [0.25, 0.3) is 0 Å². The molecule has 0 unspecified atom stereocenters. The van der Waals surface area contributed by atoms with Crippen LogP contribution in [0.15, 0.2) is 12.4 Å². The van der Waals surface area contributed by atoms with Gasteiger partial charge >= 0.3 is 5.97 Å². The third kappa shape index (κ3) is 2.71. The molecule has 1 aromatic heterocycles. The van der Waals surface area contributed by atoms with Gasteiger partial charge in [0.1, 0.15) is 12.1 Å². The molecule has 1 aliphatic heterocycles. The lowest BCUT2D eigenvalue weighted by molar-refractivity contribution is -0.140. The highest BCUT2D eigenvalue weighted by molar-refractivity contribution is 5.71. The molecule has 0 aromatic carbocycles. The fourth-order valence-corrected chi connectivity index (χ4v) is 1.96. The Morgan fingerprint density at radius 2 is 2.47 bits per heavy atom. The van der Waals surface area contributed by atoms with E-state index in [1.54, 1.807) is 7.11 Å². The molecule has 0 amide bonds. The van der Waals surface area contributed by atoms with Crippen LogP contribution in [0.3, 0.4) is 0 Å². The number of anilines is 1. The number of aliphatic carboxylic acids is 1. The van der Waals surface area contributed by atoms with Gasteiger partial charge in [-0.25, -0.2) is 9.97 Å². The van der Waals surface area contributed by atoms with Crippen LogP contribution in [-0.4, -0.2) is 41.2 Å². The largest absolute Gasteiger partial charge is 0.481 e. The summed E-state index contributed by atoms with van der Waals surface area (Å²) in [5.41, 5.74) is 0.802. The zero-order valence-corrected chi connectivity index (χ0v) is 9.67. The molecule has 1 atom stereocenters. The standard InChI is InChI=1S/C11H15N3O3/c1-17-6-9-4-10(13-7-12-9)14-3-2-8(5-14)11(15)16/h4,7-8H,2-3,5-6H2,1H3,(H,15,16)/t8-/m1/s1. The van der Waals surface area contributed by atoms with Crippen LogP contribution < -0.4 is 4.90 Å². The highest BCUT2D eigenvalue weighted by Gasteiger charge is 2.28. The Morgan fingerprint density at radius 3 is 3.12 bits per heavy atom. The Bertz CT molecular complexity index is 411. The topological polar surface area (TPSA) is 75.5 Å². The molecule has 2 rings (SSSR count). The number of nitrogens with zero attached hydrogens (tertiary/aromatic N) is 3. The van der Waals surface area contributed by atoms with Gasteiger partial charge in [-0.2, -0.15) is 0 Å². The molecule has 0 spiro atoms. The van der Waals surface area contributed by atoms with Gasteiger partial charge < -0.3 is 14.7 Å². The predicted octanol–water partition coefficient (Wildman–Crippen LogP) is 0.534. The lowest BCUT2D eigenvalue weighted by Crippen LogP contribution is -2.23. The number of rotatable bonds is 4. The monoisotopic (exact) mass is 237 g/mol. The molecule has 2 heterocycles. The third-order valence-corrected chi connectivity index (χ3v) is 2.86. The Morgan fingerprint density at radius 1 is 1.65 bits per heavy atom. The molecule has 0 saturated carbocycles. The van der Waals surface area contributed by atoms with Crippen LogP contribution in [0, 0.1) is 5.92 Å². The van der Waals surface area contributed by atoms with Crippen LogP contribution in [0.4, 0.5) is 5.82 Å². The first kappa shape index (κ1) is 11.8. The SMILES string of the molecule is COCc1cc(N2CC[C@@H](C(=O)O)C2)ncn1. The second kappa shape index (κ2) is 5.09. The van der Waals surface area contributed by atoms with Crippen molar-refractivity contribution in [3.63, 3.8) is 0 Å². The van der Waals surface area contributed by atoms with Gasteiger partial charge in [0.05, 0.1) is 18.2 Å². The maximum Gasteiger partial charge on any atom is 0.308 e. The number of carbonyl (C=O) groups is 1. The van der Waals surface area contributed by atoms with Crippen molar-refractivity contribution in [2.24, 2.45) is 5.92 Å². The van der Waals surface area contributed by atoms with Crippen LogP contribution >= 0.6 is 0 Å². The number of ether oxygens (including phenoxy) is 1. The van der Waals surface area contributed by atoms with E-state index in [9.17, 15) is 4.79 Å². The number of carboxylic acid groups (broad SMARTS) is 1. The summed E-state index contributed by atoms with van der Waals surface area (Å²) in [4.78, 5) is 21.1. The predicted molar refractivity (Wildman–Crippen MR) is 60.7 cm³/mol. The highest BCUT2D eigenvalue weighted by Crippen LogP contribution is 2.22. The van der Waals surface area contributed by atoms with Crippen LogP contribution in [0.1, 0.15) is 12.1 Å². The first-order valence-electron chi connectivity index (χ1n) is 5.48. The second-order valence-electron chi connectivity index (χ2n) is 4.07. The van der Waals surface area contributed by atoms with E-state index in [0.717, 1.165) is 18.1 Å². The molecule has 0 aliphatic carbocycles. The fourth-order valence-electron chi connectivity index (χ4n) is 1.96. The average Bonchev–Trinajstić information content (AvgIpc) is 2.79. The molecular weight excluding hydrogens is 222 g/mol. The Balaban J connectivity index is 2.08. The minimum absolute atomic E-state index is 0.296. The van der Waals surface area contributed by atoms with E-state index in [4.69, 9.17) is 9.84 Å². The Kier molecular flexibility index (Phi) is 3.53. The molecule has 0 bridgehead atoms. The van der Waals surface area contributed by atoms with Gasteiger partial charge in [-0.3, -0.25) is 4.79 Å². The fraction of sp³-hybridized carbons (Fsp3) is 0.545. The normalized spacial score (nSPS) is 19.6. The van der Waals surface area contributed by atoms with E-state index < -0.39 is 5.97 Å². The van der Waals surface area contributed by atoms with Gasteiger partial charge in [-0.05, 0) is 6.42 Å². The van der Waals surface area contributed by atoms with Crippen LogP contribution in [-0.2, 0) is 16.1 Å². The summed E-state index contributed by atoms with van der Waals surface area (Å²) in [6.07, 6.45) is 2.15. The van der Waals surface area contributed by atoms with Gasteiger partial charge in [0.2, 0.25) is 0 Å². The summed E-state index contributed by atoms with van der Waals surface area (Å²) in [5.74, 6) is -0.259. The summed E-state index contributed by atoms with van der Waals surface area (Å²) < 4.78 is 5.00. The van der Waals surface area contributed by atoms with Gasteiger partial charge in [-0.15, -0.1) is 0 Å². The number of carboxylic acids is 1. The first-order chi connectivity index (χ1) is 8.20. The zero-order chi connectivity index (χ0) is 12.3. The summed E-state index contributed by atoms with van der Waals surface area (Å²) >= 11 is 0. The molecule has 1 N–H and O–H groups in total. The Labute approximate surface area is 99.2 Å². The molecule has 1 saturated heterocycles. The number of methoxy groups -OCH3 is 1. The zero-order valence-electron chi connectivity index (χ0n) is 9.67. The lowest BCUT2D eigenvalue weighted by atomic mass is 10.1. The smallest absolute Gasteiger partial charge is 0.308 e. The van der Waals surface area contributed by atoms with E-state index in [0.29, 0.717) is 19.6 Å². The minimum Gasteiger partial charge on any atom is -0.481 e. The second-order valence-corrected chi connectivity index (χ2v) is 4.07. The molecule has 1 aliphatic rings. The molecule has 6 nitrogen and oxygen atoms in total. The lowest BCUT2D eigenvalue weighted by Gasteiger charge is -2.16. The molecule has 17 heavy (non-hydrogen) atoms. The van der Waals surface area contributed by atoms with Gasteiger partial charge in [-0.1, -0.05) is 0 Å². The van der Waals surface area contributed by atoms with Crippen LogP contribution in [0.2, 0.25) is 0 Å². The van der Waals surface area contributed by atoms with E-state index >= 15 is 0 Å². The molecule has 1 fully saturated rings. The highest BCUT2D eigenvalue weighted by atomic mass is 16.5. The van der Waals surface area contributed by atoms with Crippen molar-refractivity contribution in [3.05, 3.63) is 18.1 Å². The Hall–Kier alpha value is -1.69. The van der Waals surface area contributed by atoms with Gasteiger partial charge in [0.15, 0.2) is 0 Å². The molecule has 6 heteroatoms. The number of hydrogen-bond acceptors (Lipinski definition) is 5. The third-order valence-electron chi connectivity index (χ3n) is 2.86. The minimum atomic E-state index is -0.737. The number of hydrogen-bond donors (Lipinski definition) is 1. The van der Waals surface area contributed by atoms with E-state index in [2.05, 4.69) is 9.97 Å². The van der Waals surface area contributed by atoms with Crippen LogP contribution in [0.5, 0.6) is 0 Å². The summed E-state index contributed by atoms with van der Waals surface area (Å²) in [6.45, 7) is 1.67. The summed E-state index contributed by atoms with van der Waals surface area (Å²) in [5, 5.41) is 8.94. The van der Waals surface area contributed by atoms with Crippen LogP contribution in [0.25, 0.3) is 0 Å².